The third-order valence-corrected chi connectivity index (χ3v) is 1.10. The first-order valence-electron chi connectivity index (χ1n) is 3.31. The lowest BCUT2D eigenvalue weighted by Crippen LogP contribution is -1.91. The van der Waals surface area contributed by atoms with Crippen molar-refractivity contribution in [3.05, 3.63) is 30.3 Å². The third-order valence-electron chi connectivity index (χ3n) is 1.10. The zero-order valence-electron chi connectivity index (χ0n) is 6.07. The largest absolute Gasteiger partial charge is 0.312 e. The SMILES string of the molecule is NCN=C=Nc1ccccc1. The smallest absolute Gasteiger partial charge is 0.0971 e. The van der Waals surface area contributed by atoms with Crippen molar-refractivity contribution in [3.63, 3.8) is 0 Å². The summed E-state index contributed by atoms with van der Waals surface area (Å²) in [4.78, 5) is 7.53. The summed E-state index contributed by atoms with van der Waals surface area (Å²) < 4.78 is 0. The number of rotatable bonds is 2. The molecule has 0 aromatic heterocycles. The summed E-state index contributed by atoms with van der Waals surface area (Å²) in [5, 5.41) is 0. The van der Waals surface area contributed by atoms with Crippen LogP contribution in [0.25, 0.3) is 0 Å². The lowest BCUT2D eigenvalue weighted by Gasteiger charge is -1.84. The third kappa shape index (κ3) is 2.76. The number of benzene rings is 1. The molecule has 0 heterocycles. The Balaban J connectivity index is 2.72. The van der Waals surface area contributed by atoms with Gasteiger partial charge in [-0.1, -0.05) is 18.2 Å². The van der Waals surface area contributed by atoms with Gasteiger partial charge in [-0.15, -0.1) is 0 Å². The van der Waals surface area contributed by atoms with Gasteiger partial charge < -0.3 is 5.73 Å². The van der Waals surface area contributed by atoms with E-state index in [-0.39, 0.29) is 6.67 Å². The van der Waals surface area contributed by atoms with Gasteiger partial charge in [0.2, 0.25) is 0 Å². The van der Waals surface area contributed by atoms with Gasteiger partial charge in [-0.05, 0) is 12.1 Å². The van der Waals surface area contributed by atoms with Crippen LogP contribution in [-0.2, 0) is 0 Å². The van der Waals surface area contributed by atoms with Gasteiger partial charge in [0.05, 0.1) is 18.4 Å². The second-order valence-corrected chi connectivity index (χ2v) is 1.89. The van der Waals surface area contributed by atoms with Crippen molar-refractivity contribution >= 4 is 11.7 Å². The van der Waals surface area contributed by atoms with Crippen LogP contribution in [0.4, 0.5) is 5.69 Å². The number of nitrogens with zero attached hydrogens (tertiary/aromatic N) is 2. The van der Waals surface area contributed by atoms with E-state index in [4.69, 9.17) is 5.73 Å². The number of aliphatic imine (C=N–C) groups is 2. The monoisotopic (exact) mass is 147 g/mol. The van der Waals surface area contributed by atoms with Gasteiger partial charge in [0, 0.05) is 0 Å². The average Bonchev–Trinajstić information content (AvgIpc) is 2.07. The van der Waals surface area contributed by atoms with E-state index >= 15 is 0 Å². The highest BCUT2D eigenvalue weighted by molar-refractivity contribution is 5.51. The molecular formula is C8H9N3. The molecule has 1 aromatic rings. The molecule has 0 fully saturated rings. The molecule has 0 spiro atoms. The van der Waals surface area contributed by atoms with E-state index in [0.29, 0.717) is 0 Å². The summed E-state index contributed by atoms with van der Waals surface area (Å²) in [6, 6.07) is 12.0. The van der Waals surface area contributed by atoms with E-state index in [2.05, 4.69) is 16.0 Å². The molecule has 56 valence electrons. The first-order valence-corrected chi connectivity index (χ1v) is 3.31. The summed E-state index contributed by atoms with van der Waals surface area (Å²) >= 11 is 0. The second kappa shape index (κ2) is 4.39. The van der Waals surface area contributed by atoms with E-state index in [1.807, 2.05) is 30.3 Å². The zero-order chi connectivity index (χ0) is 7.94. The fourth-order valence-electron chi connectivity index (χ4n) is 0.636. The molecule has 11 heavy (non-hydrogen) atoms. The molecule has 0 aliphatic rings. The lowest BCUT2D eigenvalue weighted by atomic mass is 10.3. The first kappa shape index (κ1) is 7.66. The Morgan fingerprint density at radius 2 is 2.00 bits per heavy atom. The molecule has 1 aromatic carbocycles. The van der Waals surface area contributed by atoms with Crippen LogP contribution in [0.3, 0.4) is 0 Å². The molecule has 0 saturated carbocycles. The van der Waals surface area contributed by atoms with E-state index in [9.17, 15) is 0 Å². The molecule has 3 heteroatoms. The topological polar surface area (TPSA) is 50.7 Å². The van der Waals surface area contributed by atoms with Crippen LogP contribution in [0, 0.1) is 0 Å². The van der Waals surface area contributed by atoms with Crippen LogP contribution in [0.5, 0.6) is 0 Å². The summed E-state index contributed by atoms with van der Waals surface area (Å²) in [7, 11) is 0. The van der Waals surface area contributed by atoms with Crippen molar-refractivity contribution in [2.75, 3.05) is 6.67 Å². The van der Waals surface area contributed by atoms with Crippen LogP contribution in [0.15, 0.2) is 40.3 Å². The van der Waals surface area contributed by atoms with Crippen LogP contribution in [-0.4, -0.2) is 12.7 Å². The van der Waals surface area contributed by atoms with E-state index in [1.54, 1.807) is 0 Å². The Morgan fingerprint density at radius 3 is 2.64 bits per heavy atom. The number of nitrogens with two attached hydrogens (primary N) is 1. The predicted molar refractivity (Wildman–Crippen MR) is 45.0 cm³/mol. The van der Waals surface area contributed by atoms with Gasteiger partial charge in [0.1, 0.15) is 0 Å². The average molecular weight is 147 g/mol. The number of hydrogen-bond donors (Lipinski definition) is 1. The van der Waals surface area contributed by atoms with E-state index in [1.165, 1.54) is 0 Å². The van der Waals surface area contributed by atoms with Gasteiger partial charge in [-0.25, -0.2) is 4.99 Å². The highest BCUT2D eigenvalue weighted by Crippen LogP contribution is 2.07. The highest BCUT2D eigenvalue weighted by Gasteiger charge is 1.79. The van der Waals surface area contributed by atoms with Crippen molar-refractivity contribution in [1.29, 1.82) is 0 Å². The molecule has 2 N–H and O–H groups in total. The van der Waals surface area contributed by atoms with Crippen molar-refractivity contribution in [2.45, 2.75) is 0 Å². The molecule has 0 aliphatic heterocycles. The molecule has 0 atom stereocenters. The van der Waals surface area contributed by atoms with Crippen LogP contribution in [0.1, 0.15) is 0 Å². The molecular weight excluding hydrogens is 138 g/mol. The second-order valence-electron chi connectivity index (χ2n) is 1.89. The highest BCUT2D eigenvalue weighted by atomic mass is 14.9. The molecule has 0 aliphatic carbocycles. The molecule has 0 bridgehead atoms. The van der Waals surface area contributed by atoms with Crippen molar-refractivity contribution in [3.8, 4) is 0 Å². The van der Waals surface area contributed by atoms with E-state index in [0.717, 1.165) is 5.69 Å². The molecule has 0 unspecified atom stereocenters. The molecule has 0 saturated heterocycles. The fourth-order valence-corrected chi connectivity index (χ4v) is 0.636. The number of para-hydroxylation sites is 1. The Hall–Kier alpha value is -1.44. The van der Waals surface area contributed by atoms with Gasteiger partial charge in [-0.2, -0.15) is 4.99 Å². The molecule has 3 nitrogen and oxygen atoms in total. The van der Waals surface area contributed by atoms with Crippen LogP contribution >= 0.6 is 0 Å². The zero-order valence-corrected chi connectivity index (χ0v) is 6.07. The number of hydrogen-bond acceptors (Lipinski definition) is 3. The fraction of sp³-hybridized carbons (Fsp3) is 0.125. The lowest BCUT2D eigenvalue weighted by molar-refractivity contribution is 1.08. The summed E-state index contributed by atoms with van der Waals surface area (Å²) in [5.74, 6) is 0. The standard InChI is InChI=1S/C8H9N3/c9-6-10-7-11-8-4-2-1-3-5-8/h1-5H,6,9H2. The Bertz CT molecular complexity index is 260. The Kier molecular flexibility index (Phi) is 3.06. The minimum absolute atomic E-state index is 0.232. The normalized spacial score (nSPS) is 8.45. The minimum atomic E-state index is 0.232. The van der Waals surface area contributed by atoms with Crippen LogP contribution < -0.4 is 5.73 Å². The van der Waals surface area contributed by atoms with E-state index < -0.39 is 0 Å². The molecule has 0 amide bonds. The molecule has 1 rings (SSSR count). The summed E-state index contributed by atoms with van der Waals surface area (Å²) in [6.07, 6.45) is 0. The van der Waals surface area contributed by atoms with Gasteiger partial charge in [0.15, 0.2) is 0 Å². The minimum Gasteiger partial charge on any atom is -0.312 e. The maximum absolute atomic E-state index is 5.10. The maximum atomic E-state index is 5.10. The maximum Gasteiger partial charge on any atom is 0.0971 e. The van der Waals surface area contributed by atoms with Crippen molar-refractivity contribution < 1.29 is 0 Å². The predicted octanol–water partition coefficient (Wildman–Crippen LogP) is 1.41. The van der Waals surface area contributed by atoms with Crippen LogP contribution in [0.2, 0.25) is 0 Å². The van der Waals surface area contributed by atoms with Gasteiger partial charge in [-0.3, -0.25) is 0 Å². The molecule has 0 radical (unpaired) electrons. The summed E-state index contributed by atoms with van der Waals surface area (Å²) in [6.45, 7) is 0.232. The van der Waals surface area contributed by atoms with Gasteiger partial charge in [0.25, 0.3) is 0 Å². The van der Waals surface area contributed by atoms with Crippen molar-refractivity contribution in [2.24, 2.45) is 15.7 Å². The quantitative estimate of drug-likeness (QED) is 0.632. The Morgan fingerprint density at radius 1 is 1.27 bits per heavy atom. The van der Waals surface area contributed by atoms with Gasteiger partial charge >= 0.3 is 0 Å². The summed E-state index contributed by atoms with van der Waals surface area (Å²) in [5.41, 5.74) is 5.94. The first-order chi connectivity index (χ1) is 5.43. The van der Waals surface area contributed by atoms with Crippen molar-refractivity contribution in [1.82, 2.24) is 0 Å². The Labute approximate surface area is 65.3 Å².